The van der Waals surface area contributed by atoms with Gasteiger partial charge in [-0.2, -0.15) is 0 Å². The molecule has 0 aliphatic carbocycles. The van der Waals surface area contributed by atoms with Gasteiger partial charge in [-0.15, -0.1) is 0 Å². The number of nitrogens with one attached hydrogen (secondary N) is 1. The van der Waals surface area contributed by atoms with Crippen LogP contribution in [0.4, 0.5) is 5.69 Å². The van der Waals surface area contributed by atoms with Gasteiger partial charge in [-0.3, -0.25) is 4.79 Å². The topological polar surface area (TPSA) is 73.3 Å². The van der Waals surface area contributed by atoms with E-state index in [0.29, 0.717) is 22.2 Å². The summed E-state index contributed by atoms with van der Waals surface area (Å²) in [5.41, 5.74) is 2.14. The summed E-state index contributed by atoms with van der Waals surface area (Å²) >= 11 is 1.47. The zero-order valence-electron chi connectivity index (χ0n) is 15.2. The highest BCUT2D eigenvalue weighted by molar-refractivity contribution is 7.99. The zero-order chi connectivity index (χ0) is 19.2. The van der Waals surface area contributed by atoms with Crippen LogP contribution in [-0.2, 0) is 0 Å². The molecule has 7 heteroatoms. The summed E-state index contributed by atoms with van der Waals surface area (Å²) in [5.74, 6) is 0.888. The number of ether oxygens (including phenoxy) is 2. The van der Waals surface area contributed by atoms with Gasteiger partial charge in [0.25, 0.3) is 5.91 Å². The standard InChI is InChI=1S/C20H19N3O3S/c1-13-9-17(27-20-21-7-4-8-22-20)5-6-18(13)23-19(24)14-10-15(25-2)12-16(11-14)26-3/h4-12H,1-3H3,(H,23,24). The van der Waals surface area contributed by atoms with Crippen LogP contribution in [0.1, 0.15) is 15.9 Å². The average molecular weight is 381 g/mol. The second-order valence-electron chi connectivity index (χ2n) is 5.67. The van der Waals surface area contributed by atoms with Crippen molar-refractivity contribution in [2.45, 2.75) is 17.0 Å². The Hall–Kier alpha value is -3.06. The molecule has 0 saturated heterocycles. The van der Waals surface area contributed by atoms with Crippen LogP contribution in [0.3, 0.4) is 0 Å². The third-order valence-corrected chi connectivity index (χ3v) is 4.69. The van der Waals surface area contributed by atoms with Crippen LogP contribution in [0.15, 0.2) is 64.9 Å². The van der Waals surface area contributed by atoms with Gasteiger partial charge in [-0.1, -0.05) is 0 Å². The predicted octanol–water partition coefficient (Wildman–Crippen LogP) is 4.21. The zero-order valence-corrected chi connectivity index (χ0v) is 16.0. The molecule has 0 aliphatic rings. The van der Waals surface area contributed by atoms with Gasteiger partial charge in [-0.25, -0.2) is 9.97 Å². The first kappa shape index (κ1) is 18.7. The first-order valence-electron chi connectivity index (χ1n) is 8.19. The predicted molar refractivity (Wildman–Crippen MR) is 105 cm³/mol. The molecule has 6 nitrogen and oxygen atoms in total. The molecule has 3 rings (SSSR count). The maximum atomic E-state index is 12.6. The van der Waals surface area contributed by atoms with Crippen LogP contribution in [0.2, 0.25) is 0 Å². The molecule has 1 amide bonds. The maximum absolute atomic E-state index is 12.6. The Morgan fingerprint density at radius 3 is 2.26 bits per heavy atom. The van der Waals surface area contributed by atoms with Gasteiger partial charge in [0.1, 0.15) is 11.5 Å². The number of aromatic nitrogens is 2. The summed E-state index contributed by atoms with van der Waals surface area (Å²) in [6.45, 7) is 1.94. The quantitative estimate of drug-likeness (QED) is 0.645. The molecule has 0 radical (unpaired) electrons. The second kappa shape index (κ2) is 8.55. The van der Waals surface area contributed by atoms with Crippen molar-refractivity contribution in [3.63, 3.8) is 0 Å². The molecule has 1 heterocycles. The minimum atomic E-state index is -0.234. The number of carbonyl (C=O) groups excluding carboxylic acids is 1. The van der Waals surface area contributed by atoms with Crippen molar-refractivity contribution in [1.82, 2.24) is 9.97 Å². The number of rotatable bonds is 6. The minimum absolute atomic E-state index is 0.234. The Labute approximate surface area is 162 Å². The highest BCUT2D eigenvalue weighted by Crippen LogP contribution is 2.29. The lowest BCUT2D eigenvalue weighted by Gasteiger charge is -2.12. The minimum Gasteiger partial charge on any atom is -0.497 e. The normalized spacial score (nSPS) is 10.3. The van der Waals surface area contributed by atoms with Crippen LogP contribution in [0.5, 0.6) is 11.5 Å². The molecular weight excluding hydrogens is 362 g/mol. The summed E-state index contributed by atoms with van der Waals surface area (Å²) < 4.78 is 10.4. The number of carbonyl (C=O) groups is 1. The molecule has 0 spiro atoms. The fraction of sp³-hybridized carbons (Fsp3) is 0.150. The first-order valence-corrected chi connectivity index (χ1v) is 9.00. The summed E-state index contributed by atoms with van der Waals surface area (Å²) in [6, 6.07) is 12.6. The Balaban J connectivity index is 1.76. The number of hydrogen-bond donors (Lipinski definition) is 1. The third kappa shape index (κ3) is 4.77. The van der Waals surface area contributed by atoms with E-state index in [1.54, 1.807) is 50.9 Å². The van der Waals surface area contributed by atoms with Crippen LogP contribution in [-0.4, -0.2) is 30.1 Å². The van der Waals surface area contributed by atoms with E-state index in [1.165, 1.54) is 11.8 Å². The van der Waals surface area contributed by atoms with Gasteiger partial charge in [0.05, 0.1) is 14.2 Å². The smallest absolute Gasteiger partial charge is 0.255 e. The van der Waals surface area contributed by atoms with Crippen LogP contribution < -0.4 is 14.8 Å². The third-order valence-electron chi connectivity index (χ3n) is 3.81. The Morgan fingerprint density at radius 1 is 1.00 bits per heavy atom. The largest absolute Gasteiger partial charge is 0.497 e. The molecule has 0 unspecified atom stereocenters. The Morgan fingerprint density at radius 2 is 1.67 bits per heavy atom. The van der Waals surface area contributed by atoms with Gasteiger partial charge < -0.3 is 14.8 Å². The molecule has 1 aromatic heterocycles. The fourth-order valence-corrected chi connectivity index (χ4v) is 3.23. The number of nitrogens with zero attached hydrogens (tertiary/aromatic N) is 2. The van der Waals surface area contributed by atoms with E-state index in [9.17, 15) is 4.79 Å². The molecule has 0 aliphatic heterocycles. The molecule has 0 bridgehead atoms. The lowest BCUT2D eigenvalue weighted by atomic mass is 10.1. The van der Waals surface area contributed by atoms with Gasteiger partial charge >= 0.3 is 0 Å². The molecule has 1 N–H and O–H groups in total. The van der Waals surface area contributed by atoms with Crippen molar-refractivity contribution < 1.29 is 14.3 Å². The Bertz CT molecular complexity index is 926. The number of aryl methyl sites for hydroxylation is 1. The molecule has 27 heavy (non-hydrogen) atoms. The summed E-state index contributed by atoms with van der Waals surface area (Å²) in [5, 5.41) is 3.61. The molecular formula is C20H19N3O3S. The highest BCUT2D eigenvalue weighted by Gasteiger charge is 2.12. The van der Waals surface area contributed by atoms with Crippen LogP contribution in [0, 0.1) is 6.92 Å². The molecule has 2 aromatic carbocycles. The first-order chi connectivity index (χ1) is 13.1. The fourth-order valence-electron chi connectivity index (χ4n) is 2.42. The number of anilines is 1. The molecule has 0 saturated carbocycles. The second-order valence-corrected chi connectivity index (χ2v) is 6.71. The van der Waals surface area contributed by atoms with E-state index < -0.39 is 0 Å². The van der Waals surface area contributed by atoms with Crippen LogP contribution in [0.25, 0.3) is 0 Å². The number of benzene rings is 2. The number of methoxy groups -OCH3 is 2. The van der Waals surface area contributed by atoms with Crippen molar-refractivity contribution in [1.29, 1.82) is 0 Å². The van der Waals surface area contributed by atoms with Crippen molar-refractivity contribution in [3.8, 4) is 11.5 Å². The molecule has 138 valence electrons. The van der Waals surface area contributed by atoms with E-state index in [2.05, 4.69) is 15.3 Å². The summed E-state index contributed by atoms with van der Waals surface area (Å²) in [7, 11) is 3.10. The van der Waals surface area contributed by atoms with E-state index in [4.69, 9.17) is 9.47 Å². The van der Waals surface area contributed by atoms with Crippen molar-refractivity contribution in [3.05, 3.63) is 66.0 Å². The molecule has 3 aromatic rings. The van der Waals surface area contributed by atoms with E-state index >= 15 is 0 Å². The lowest BCUT2D eigenvalue weighted by molar-refractivity contribution is 0.102. The molecule has 0 atom stereocenters. The van der Waals surface area contributed by atoms with Gasteiger partial charge in [0.15, 0.2) is 5.16 Å². The Kier molecular flexibility index (Phi) is 5.93. The van der Waals surface area contributed by atoms with E-state index in [-0.39, 0.29) is 5.91 Å². The van der Waals surface area contributed by atoms with Gasteiger partial charge in [-0.05, 0) is 60.6 Å². The van der Waals surface area contributed by atoms with Crippen molar-refractivity contribution >= 4 is 23.4 Å². The SMILES string of the molecule is COc1cc(OC)cc(C(=O)Nc2ccc(Sc3ncccn3)cc2C)c1. The number of hydrogen-bond acceptors (Lipinski definition) is 6. The van der Waals surface area contributed by atoms with Gasteiger partial charge in [0, 0.05) is 34.6 Å². The van der Waals surface area contributed by atoms with Crippen LogP contribution >= 0.6 is 11.8 Å². The van der Waals surface area contributed by atoms with Gasteiger partial charge in [0.2, 0.25) is 0 Å². The van der Waals surface area contributed by atoms with Crippen molar-refractivity contribution in [2.24, 2.45) is 0 Å². The van der Waals surface area contributed by atoms with E-state index in [0.717, 1.165) is 16.1 Å². The summed E-state index contributed by atoms with van der Waals surface area (Å²) in [6.07, 6.45) is 3.42. The monoisotopic (exact) mass is 381 g/mol. The van der Waals surface area contributed by atoms with E-state index in [1.807, 2.05) is 25.1 Å². The highest BCUT2D eigenvalue weighted by atomic mass is 32.2. The lowest BCUT2D eigenvalue weighted by Crippen LogP contribution is -2.13. The maximum Gasteiger partial charge on any atom is 0.255 e. The van der Waals surface area contributed by atoms with Crippen molar-refractivity contribution in [2.75, 3.05) is 19.5 Å². The average Bonchev–Trinajstić information content (AvgIpc) is 2.70. The number of amides is 1. The summed E-state index contributed by atoms with van der Waals surface area (Å²) in [4.78, 5) is 22.0. The molecule has 0 fully saturated rings.